The molecule has 0 aliphatic carbocycles. The molecule has 1 aliphatic heterocycles. The second-order valence-electron chi connectivity index (χ2n) is 8.68. The third-order valence-electron chi connectivity index (χ3n) is 6.43. The molecule has 36 heavy (non-hydrogen) atoms. The van der Waals surface area contributed by atoms with Gasteiger partial charge in [0.05, 0.1) is 22.8 Å². The Morgan fingerprint density at radius 3 is 2.36 bits per heavy atom. The van der Waals surface area contributed by atoms with Crippen LogP contribution in [-0.4, -0.2) is 20.7 Å². The van der Waals surface area contributed by atoms with Crippen LogP contribution in [0.2, 0.25) is 0 Å². The Bertz CT molecular complexity index is 1780. The predicted molar refractivity (Wildman–Crippen MR) is 155 cm³/mol. The largest absolute Gasteiger partial charge is 0.232 e. The van der Waals surface area contributed by atoms with Crippen molar-refractivity contribution in [1.82, 2.24) is 15.0 Å². The molecule has 0 fully saturated rings. The topological polar surface area (TPSA) is 54.3 Å². The molecular weight excluding hydrogens is 598 g/mol. The van der Waals surface area contributed by atoms with Gasteiger partial charge in [0.15, 0.2) is 10.5 Å². The fraction of sp³-hybridized carbons (Fsp3) is 0.0714. The zero-order valence-electron chi connectivity index (χ0n) is 18.8. The minimum absolute atomic E-state index is 0.0157. The lowest BCUT2D eigenvalue weighted by atomic mass is 9.96. The summed E-state index contributed by atoms with van der Waals surface area (Å²) in [4.78, 5) is 15.3. The smallest absolute Gasteiger partial charge is 0.210 e. The van der Waals surface area contributed by atoms with Gasteiger partial charge in [-0.05, 0) is 84.1 Å². The maximum absolute atomic E-state index is 5.11. The molecule has 0 bridgehead atoms. The first-order valence-electron chi connectivity index (χ1n) is 11.5. The maximum atomic E-state index is 5.11. The van der Waals surface area contributed by atoms with Crippen LogP contribution in [0.15, 0.2) is 99.0 Å². The Balaban J connectivity index is 1.37. The molecule has 0 amide bonds. The van der Waals surface area contributed by atoms with Crippen molar-refractivity contribution in [3.8, 4) is 0 Å². The van der Waals surface area contributed by atoms with Crippen molar-refractivity contribution >= 4 is 86.3 Å². The summed E-state index contributed by atoms with van der Waals surface area (Å²) in [6.45, 7) is 0. The fourth-order valence-electron chi connectivity index (χ4n) is 4.63. The SMILES string of the molecule is Brc1ccc(C2=NN(c3nc4nc5ccccc5nc4s3)C(c3ccc4ccccc4c3)C2)cc1Br. The van der Waals surface area contributed by atoms with E-state index >= 15 is 0 Å². The summed E-state index contributed by atoms with van der Waals surface area (Å²) in [6.07, 6.45) is 0.769. The minimum Gasteiger partial charge on any atom is -0.232 e. The Kier molecular flexibility index (Phi) is 5.34. The molecule has 4 aromatic carbocycles. The van der Waals surface area contributed by atoms with Gasteiger partial charge in [0, 0.05) is 15.4 Å². The molecular formula is C28H17Br2N5S. The first-order chi connectivity index (χ1) is 17.6. The van der Waals surface area contributed by atoms with E-state index in [9.17, 15) is 0 Å². The van der Waals surface area contributed by atoms with Gasteiger partial charge in [-0.3, -0.25) is 0 Å². The average Bonchev–Trinajstić information content (AvgIpc) is 3.53. The number of nitrogens with zero attached hydrogens (tertiary/aromatic N) is 5. The number of anilines is 1. The number of hydrazone groups is 1. The van der Waals surface area contributed by atoms with Crippen molar-refractivity contribution in [2.45, 2.75) is 12.5 Å². The first kappa shape index (κ1) is 22.0. The van der Waals surface area contributed by atoms with Crippen molar-refractivity contribution in [2.75, 3.05) is 5.01 Å². The van der Waals surface area contributed by atoms with Crippen LogP contribution in [0.5, 0.6) is 0 Å². The lowest BCUT2D eigenvalue weighted by Gasteiger charge is -2.21. The number of benzene rings is 4. The summed E-state index contributed by atoms with van der Waals surface area (Å²) in [5.41, 5.74) is 5.68. The second-order valence-corrected chi connectivity index (χ2v) is 11.3. The molecule has 0 radical (unpaired) electrons. The van der Waals surface area contributed by atoms with Crippen LogP contribution in [-0.2, 0) is 0 Å². The quantitative estimate of drug-likeness (QED) is 0.201. The lowest BCUT2D eigenvalue weighted by molar-refractivity contribution is 0.708. The highest BCUT2D eigenvalue weighted by molar-refractivity contribution is 9.13. The van der Waals surface area contributed by atoms with Crippen LogP contribution in [0.3, 0.4) is 0 Å². The van der Waals surface area contributed by atoms with Crippen molar-refractivity contribution < 1.29 is 0 Å². The second kappa shape index (κ2) is 8.73. The van der Waals surface area contributed by atoms with Gasteiger partial charge in [-0.1, -0.05) is 65.9 Å². The summed E-state index contributed by atoms with van der Waals surface area (Å²) in [6, 6.07) is 29.3. The van der Waals surface area contributed by atoms with Gasteiger partial charge in [-0.25, -0.2) is 15.0 Å². The molecule has 0 N–H and O–H groups in total. The molecule has 1 aliphatic rings. The molecule has 0 spiro atoms. The number of hydrogen-bond acceptors (Lipinski definition) is 6. The monoisotopic (exact) mass is 613 g/mol. The van der Waals surface area contributed by atoms with Gasteiger partial charge < -0.3 is 0 Å². The number of aromatic nitrogens is 3. The third kappa shape index (κ3) is 3.80. The molecule has 1 atom stereocenters. The maximum Gasteiger partial charge on any atom is 0.210 e. The van der Waals surface area contributed by atoms with Gasteiger partial charge >= 0.3 is 0 Å². The molecule has 3 heterocycles. The predicted octanol–water partition coefficient (Wildman–Crippen LogP) is 8.27. The van der Waals surface area contributed by atoms with Gasteiger partial charge in [0.2, 0.25) is 5.13 Å². The van der Waals surface area contributed by atoms with Crippen molar-refractivity contribution in [2.24, 2.45) is 5.10 Å². The molecule has 0 saturated carbocycles. The molecule has 2 aromatic heterocycles. The molecule has 174 valence electrons. The van der Waals surface area contributed by atoms with Crippen molar-refractivity contribution in [1.29, 1.82) is 0 Å². The Hall–Kier alpha value is -3.20. The Labute approximate surface area is 227 Å². The number of hydrogen-bond donors (Lipinski definition) is 0. The van der Waals surface area contributed by atoms with E-state index in [0.717, 1.165) is 47.6 Å². The van der Waals surface area contributed by atoms with Crippen LogP contribution < -0.4 is 5.01 Å². The van der Waals surface area contributed by atoms with Crippen LogP contribution in [0.1, 0.15) is 23.6 Å². The summed E-state index contributed by atoms with van der Waals surface area (Å²) >= 11 is 8.75. The van der Waals surface area contributed by atoms with E-state index in [4.69, 9.17) is 20.1 Å². The highest BCUT2D eigenvalue weighted by Gasteiger charge is 2.32. The van der Waals surface area contributed by atoms with E-state index in [1.165, 1.54) is 27.7 Å². The average molecular weight is 615 g/mol. The molecule has 6 aromatic rings. The first-order valence-corrected chi connectivity index (χ1v) is 13.9. The van der Waals surface area contributed by atoms with Crippen LogP contribution in [0.4, 0.5) is 5.13 Å². The highest BCUT2D eigenvalue weighted by atomic mass is 79.9. The molecule has 0 saturated heterocycles. The molecule has 1 unspecified atom stereocenters. The molecule has 7 rings (SSSR count). The third-order valence-corrected chi connectivity index (χ3v) is 9.24. The van der Waals surface area contributed by atoms with E-state index in [0.29, 0.717) is 5.65 Å². The van der Waals surface area contributed by atoms with Gasteiger partial charge in [0.1, 0.15) is 0 Å². The van der Waals surface area contributed by atoms with E-state index in [1.54, 1.807) is 0 Å². The zero-order valence-corrected chi connectivity index (χ0v) is 22.8. The van der Waals surface area contributed by atoms with Crippen molar-refractivity contribution in [3.05, 3.63) is 105 Å². The number of thiazole rings is 1. The normalized spacial score (nSPS) is 15.8. The number of para-hydroxylation sites is 2. The Morgan fingerprint density at radius 2 is 1.53 bits per heavy atom. The lowest BCUT2D eigenvalue weighted by Crippen LogP contribution is -2.18. The number of halogens is 2. The zero-order chi connectivity index (χ0) is 24.2. The summed E-state index contributed by atoms with van der Waals surface area (Å²) in [7, 11) is 0. The summed E-state index contributed by atoms with van der Waals surface area (Å²) in [5, 5.41) is 10.4. The van der Waals surface area contributed by atoms with Crippen LogP contribution in [0.25, 0.3) is 32.3 Å². The van der Waals surface area contributed by atoms with E-state index < -0.39 is 0 Å². The molecule has 5 nitrogen and oxygen atoms in total. The Morgan fingerprint density at radius 1 is 0.750 bits per heavy atom. The van der Waals surface area contributed by atoms with Crippen LogP contribution >= 0.6 is 43.2 Å². The fourth-order valence-corrected chi connectivity index (χ4v) is 6.14. The number of fused-ring (bicyclic) bond motifs is 3. The summed E-state index contributed by atoms with van der Waals surface area (Å²) in [5.74, 6) is 0. The van der Waals surface area contributed by atoms with E-state index in [1.807, 2.05) is 35.3 Å². The van der Waals surface area contributed by atoms with E-state index in [2.05, 4.69) is 86.5 Å². The minimum atomic E-state index is 0.0157. The summed E-state index contributed by atoms with van der Waals surface area (Å²) < 4.78 is 2.02. The van der Waals surface area contributed by atoms with Crippen LogP contribution in [0, 0.1) is 0 Å². The standard InChI is InChI=1S/C28H17Br2N5S/c29-20-12-11-18(14-21(20)30)24-15-25(19-10-9-16-5-1-2-6-17(16)13-19)35(34-24)28-33-26-27(36-28)32-23-8-4-3-7-22(23)31-26/h1-14,25H,15H2. The molecule has 8 heteroatoms. The van der Waals surface area contributed by atoms with Gasteiger partial charge in [0.25, 0.3) is 0 Å². The van der Waals surface area contributed by atoms with Gasteiger partial charge in [-0.15, -0.1) is 0 Å². The van der Waals surface area contributed by atoms with Crippen molar-refractivity contribution in [3.63, 3.8) is 0 Å². The van der Waals surface area contributed by atoms with E-state index in [-0.39, 0.29) is 6.04 Å². The highest BCUT2D eigenvalue weighted by Crippen LogP contribution is 2.41. The van der Waals surface area contributed by atoms with Gasteiger partial charge in [-0.2, -0.15) is 10.1 Å². The number of rotatable bonds is 3.